The topological polar surface area (TPSA) is 51.0 Å². The van der Waals surface area contributed by atoms with Crippen molar-refractivity contribution >= 4 is 28.2 Å². The zero-order valence-corrected chi connectivity index (χ0v) is 13.8. The molecule has 2 aromatic heterocycles. The minimum absolute atomic E-state index is 0.519. The Hall–Kier alpha value is -2.00. The summed E-state index contributed by atoms with van der Waals surface area (Å²) in [6.07, 6.45) is -2.71. The molecule has 0 radical (unpaired) electrons. The molecule has 1 aromatic carbocycles. The number of hydrogen-bond donors (Lipinski definition) is 1. The molecule has 0 saturated heterocycles. The van der Waals surface area contributed by atoms with Gasteiger partial charge in [0.05, 0.1) is 18.4 Å². The first kappa shape index (κ1) is 16.8. The van der Waals surface area contributed by atoms with E-state index in [1.54, 1.807) is 6.26 Å². The van der Waals surface area contributed by atoms with E-state index in [-0.39, 0.29) is 0 Å². The maximum Gasteiger partial charge on any atom is 0.416 e. The quantitative estimate of drug-likeness (QED) is 0.614. The number of aromatic nitrogens is 2. The van der Waals surface area contributed by atoms with Crippen LogP contribution in [-0.2, 0) is 18.5 Å². The number of thioether (sulfide) groups is 1. The molecule has 4 nitrogen and oxygen atoms in total. The molecule has 0 spiro atoms. The van der Waals surface area contributed by atoms with Gasteiger partial charge in [0.15, 0.2) is 4.34 Å². The zero-order chi connectivity index (χ0) is 17.0. The third kappa shape index (κ3) is 4.51. The molecule has 9 heteroatoms. The Balaban J connectivity index is 1.51. The third-order valence-electron chi connectivity index (χ3n) is 3.04. The minimum atomic E-state index is -4.31. The van der Waals surface area contributed by atoms with Gasteiger partial charge in [-0.15, -0.1) is 10.2 Å². The van der Waals surface area contributed by atoms with Gasteiger partial charge in [-0.25, -0.2) is 0 Å². The van der Waals surface area contributed by atoms with Crippen molar-refractivity contribution in [3.05, 3.63) is 59.5 Å². The van der Waals surface area contributed by atoms with E-state index in [1.807, 2.05) is 12.1 Å². The van der Waals surface area contributed by atoms with E-state index in [0.29, 0.717) is 17.4 Å². The van der Waals surface area contributed by atoms with Crippen LogP contribution in [-0.4, -0.2) is 10.2 Å². The first-order chi connectivity index (χ1) is 11.5. The highest BCUT2D eigenvalue weighted by molar-refractivity contribution is 8.00. The lowest BCUT2D eigenvalue weighted by Gasteiger charge is -2.06. The SMILES string of the molecule is FC(F)(F)c1ccc(CSc2nnc(NCc3ccco3)s2)cc1. The predicted molar refractivity (Wildman–Crippen MR) is 86.9 cm³/mol. The number of nitrogens with zero attached hydrogens (tertiary/aromatic N) is 2. The Labute approximate surface area is 144 Å². The van der Waals surface area contributed by atoms with Gasteiger partial charge < -0.3 is 9.73 Å². The largest absolute Gasteiger partial charge is 0.467 e. The normalized spacial score (nSPS) is 11.6. The number of alkyl halides is 3. The maximum atomic E-state index is 12.5. The van der Waals surface area contributed by atoms with Crippen LogP contribution in [0.3, 0.4) is 0 Å². The van der Waals surface area contributed by atoms with E-state index in [2.05, 4.69) is 15.5 Å². The standard InChI is InChI=1S/C15H12F3N3OS2/c16-15(17,18)11-5-3-10(4-6-11)9-23-14-21-20-13(24-14)19-8-12-2-1-7-22-12/h1-7H,8-9H2,(H,19,20). The summed E-state index contributed by atoms with van der Waals surface area (Å²) in [5, 5.41) is 11.8. The van der Waals surface area contributed by atoms with E-state index >= 15 is 0 Å². The lowest BCUT2D eigenvalue weighted by Crippen LogP contribution is -2.04. The average molecular weight is 371 g/mol. The highest BCUT2D eigenvalue weighted by Gasteiger charge is 2.29. The highest BCUT2D eigenvalue weighted by Crippen LogP contribution is 2.31. The maximum absolute atomic E-state index is 12.5. The van der Waals surface area contributed by atoms with E-state index in [0.717, 1.165) is 27.8 Å². The van der Waals surface area contributed by atoms with Gasteiger partial charge in [0, 0.05) is 5.75 Å². The van der Waals surface area contributed by atoms with Crippen LogP contribution in [0, 0.1) is 0 Å². The van der Waals surface area contributed by atoms with Crippen LogP contribution in [0.1, 0.15) is 16.9 Å². The van der Waals surface area contributed by atoms with E-state index in [9.17, 15) is 13.2 Å². The van der Waals surface area contributed by atoms with Crippen molar-refractivity contribution in [2.45, 2.75) is 22.8 Å². The molecule has 2 heterocycles. The van der Waals surface area contributed by atoms with Crippen LogP contribution in [0.25, 0.3) is 0 Å². The van der Waals surface area contributed by atoms with Gasteiger partial charge in [-0.3, -0.25) is 0 Å². The second-order valence-corrected chi connectivity index (χ2v) is 6.99. The van der Waals surface area contributed by atoms with Gasteiger partial charge in [0.1, 0.15) is 5.76 Å². The fraction of sp³-hybridized carbons (Fsp3) is 0.200. The molecule has 0 saturated carbocycles. The molecular weight excluding hydrogens is 359 g/mol. The Morgan fingerprint density at radius 1 is 1.12 bits per heavy atom. The number of rotatable bonds is 6. The molecule has 3 aromatic rings. The van der Waals surface area contributed by atoms with Gasteiger partial charge in [-0.2, -0.15) is 13.2 Å². The van der Waals surface area contributed by atoms with Crippen molar-refractivity contribution < 1.29 is 17.6 Å². The summed E-state index contributed by atoms with van der Waals surface area (Å²) < 4.78 is 43.5. The monoisotopic (exact) mass is 371 g/mol. The van der Waals surface area contributed by atoms with Gasteiger partial charge in [-0.1, -0.05) is 35.2 Å². The van der Waals surface area contributed by atoms with Crippen LogP contribution >= 0.6 is 23.1 Å². The smallest absolute Gasteiger partial charge is 0.416 e. The van der Waals surface area contributed by atoms with Crippen LogP contribution < -0.4 is 5.32 Å². The van der Waals surface area contributed by atoms with E-state index in [4.69, 9.17) is 4.42 Å². The van der Waals surface area contributed by atoms with Crippen molar-refractivity contribution in [1.82, 2.24) is 10.2 Å². The van der Waals surface area contributed by atoms with Crippen molar-refractivity contribution in [2.75, 3.05) is 5.32 Å². The van der Waals surface area contributed by atoms with Crippen molar-refractivity contribution in [3.8, 4) is 0 Å². The van der Waals surface area contributed by atoms with Gasteiger partial charge >= 0.3 is 6.18 Å². The van der Waals surface area contributed by atoms with Crippen molar-refractivity contribution in [3.63, 3.8) is 0 Å². The summed E-state index contributed by atoms with van der Waals surface area (Å²) in [6.45, 7) is 0.519. The molecular formula is C15H12F3N3OS2. The first-order valence-corrected chi connectivity index (χ1v) is 8.69. The Morgan fingerprint density at radius 2 is 1.92 bits per heavy atom. The minimum Gasteiger partial charge on any atom is -0.467 e. The number of halogens is 3. The number of benzene rings is 1. The second kappa shape index (κ2) is 7.27. The van der Waals surface area contributed by atoms with E-state index < -0.39 is 11.7 Å². The lowest BCUT2D eigenvalue weighted by atomic mass is 10.1. The summed E-state index contributed by atoms with van der Waals surface area (Å²) in [5.41, 5.74) is 0.157. The van der Waals surface area contributed by atoms with Crippen LogP contribution in [0.2, 0.25) is 0 Å². The molecule has 0 unspecified atom stereocenters. The fourth-order valence-corrected chi connectivity index (χ4v) is 3.55. The van der Waals surface area contributed by atoms with E-state index in [1.165, 1.54) is 35.2 Å². The molecule has 0 bridgehead atoms. The summed E-state index contributed by atoms with van der Waals surface area (Å²) >= 11 is 2.82. The average Bonchev–Trinajstić information content (AvgIpc) is 3.22. The first-order valence-electron chi connectivity index (χ1n) is 6.89. The lowest BCUT2D eigenvalue weighted by molar-refractivity contribution is -0.137. The second-order valence-electron chi connectivity index (χ2n) is 4.79. The predicted octanol–water partition coefficient (Wildman–Crippen LogP) is 5.05. The molecule has 0 aliphatic rings. The van der Waals surface area contributed by atoms with Crippen molar-refractivity contribution in [1.29, 1.82) is 0 Å². The molecule has 0 fully saturated rings. The summed E-state index contributed by atoms with van der Waals surface area (Å²) in [5.74, 6) is 1.33. The number of anilines is 1. The van der Waals surface area contributed by atoms with Crippen LogP contribution in [0.15, 0.2) is 51.4 Å². The fourth-order valence-electron chi connectivity index (χ4n) is 1.85. The number of hydrogen-bond acceptors (Lipinski definition) is 6. The summed E-state index contributed by atoms with van der Waals surface area (Å²) in [4.78, 5) is 0. The molecule has 24 heavy (non-hydrogen) atoms. The molecule has 0 atom stereocenters. The molecule has 126 valence electrons. The van der Waals surface area contributed by atoms with Gasteiger partial charge in [-0.05, 0) is 29.8 Å². The molecule has 3 rings (SSSR count). The summed E-state index contributed by atoms with van der Waals surface area (Å²) in [6, 6.07) is 8.80. The molecule has 0 amide bonds. The zero-order valence-electron chi connectivity index (χ0n) is 12.2. The number of furan rings is 1. The summed E-state index contributed by atoms with van der Waals surface area (Å²) in [7, 11) is 0. The Kier molecular flexibility index (Phi) is 5.10. The highest BCUT2D eigenvalue weighted by atomic mass is 32.2. The third-order valence-corrected chi connectivity index (χ3v) is 5.13. The number of nitrogens with one attached hydrogen (secondary N) is 1. The Morgan fingerprint density at radius 3 is 2.58 bits per heavy atom. The Bertz CT molecular complexity index is 770. The van der Waals surface area contributed by atoms with Gasteiger partial charge in [0.25, 0.3) is 0 Å². The van der Waals surface area contributed by atoms with Gasteiger partial charge in [0.2, 0.25) is 5.13 Å². The molecule has 0 aliphatic heterocycles. The molecule has 1 N–H and O–H groups in total. The van der Waals surface area contributed by atoms with Crippen LogP contribution in [0.5, 0.6) is 0 Å². The molecule has 0 aliphatic carbocycles. The van der Waals surface area contributed by atoms with Crippen molar-refractivity contribution in [2.24, 2.45) is 0 Å². The van der Waals surface area contributed by atoms with Crippen LogP contribution in [0.4, 0.5) is 18.3 Å².